The van der Waals surface area contributed by atoms with Gasteiger partial charge in [0.2, 0.25) is 5.95 Å². The third-order valence-corrected chi connectivity index (χ3v) is 3.73. The van der Waals surface area contributed by atoms with Crippen molar-refractivity contribution >= 4 is 23.2 Å². The van der Waals surface area contributed by atoms with Gasteiger partial charge in [-0.15, -0.1) is 10.2 Å². The first kappa shape index (κ1) is 16.1. The number of hydrogen-bond donors (Lipinski definition) is 2. The molecule has 0 saturated heterocycles. The first-order valence-electron chi connectivity index (χ1n) is 7.25. The molecule has 0 aliphatic rings. The van der Waals surface area contributed by atoms with Gasteiger partial charge in [0.05, 0.1) is 0 Å². The third-order valence-electron chi connectivity index (χ3n) is 3.49. The zero-order valence-electron chi connectivity index (χ0n) is 12.8. The first-order chi connectivity index (χ1) is 11.5. The Kier molecular flexibility index (Phi) is 4.57. The molecule has 0 radical (unpaired) electrons. The maximum absolute atomic E-state index is 12.9. The van der Waals surface area contributed by atoms with Crippen LogP contribution in [0.5, 0.6) is 0 Å². The molecule has 2 aromatic carbocycles. The summed E-state index contributed by atoms with van der Waals surface area (Å²) in [5.41, 5.74) is 2.39. The number of aromatic amines is 1. The Labute approximate surface area is 142 Å². The van der Waals surface area contributed by atoms with Crippen molar-refractivity contribution in [2.75, 3.05) is 5.32 Å². The SMILES string of the molecule is Cc1cc(Cl)ccc1Nc1nnc(Cc2ccc(F)cc2)c(=O)[nH]1. The first-order valence-corrected chi connectivity index (χ1v) is 7.62. The molecule has 0 bridgehead atoms. The standard InChI is InChI=1S/C17H14ClFN4O/c1-10-8-12(18)4-7-14(10)20-17-21-16(24)15(22-23-17)9-11-2-5-13(19)6-3-11/h2-8H,9H2,1H3,(H2,20,21,23,24). The Bertz CT molecular complexity index is 925. The molecule has 3 rings (SSSR count). The molecule has 5 nitrogen and oxygen atoms in total. The zero-order valence-corrected chi connectivity index (χ0v) is 13.6. The van der Waals surface area contributed by atoms with Crippen LogP contribution in [-0.4, -0.2) is 15.2 Å². The van der Waals surface area contributed by atoms with Crippen molar-refractivity contribution in [2.24, 2.45) is 0 Å². The van der Waals surface area contributed by atoms with E-state index in [1.54, 1.807) is 30.3 Å². The lowest BCUT2D eigenvalue weighted by Gasteiger charge is -2.08. The van der Waals surface area contributed by atoms with Crippen molar-refractivity contribution in [3.63, 3.8) is 0 Å². The van der Waals surface area contributed by atoms with Gasteiger partial charge in [0, 0.05) is 17.1 Å². The molecule has 1 aromatic heterocycles. The summed E-state index contributed by atoms with van der Waals surface area (Å²) in [6.07, 6.45) is 0.281. The van der Waals surface area contributed by atoms with Crippen molar-refractivity contribution in [1.82, 2.24) is 15.2 Å². The molecule has 3 aromatic rings. The molecule has 0 aliphatic carbocycles. The van der Waals surface area contributed by atoms with E-state index in [1.807, 2.05) is 6.92 Å². The summed E-state index contributed by atoms with van der Waals surface area (Å²) < 4.78 is 12.9. The maximum Gasteiger partial charge on any atom is 0.274 e. The van der Waals surface area contributed by atoms with E-state index in [9.17, 15) is 9.18 Å². The maximum atomic E-state index is 12.9. The van der Waals surface area contributed by atoms with E-state index < -0.39 is 0 Å². The lowest BCUT2D eigenvalue weighted by molar-refractivity contribution is 0.627. The Hall–Kier alpha value is -2.73. The van der Waals surface area contributed by atoms with Crippen molar-refractivity contribution in [3.05, 3.63) is 80.5 Å². The molecule has 2 N–H and O–H groups in total. The van der Waals surface area contributed by atoms with Gasteiger partial charge in [0.1, 0.15) is 11.5 Å². The fourth-order valence-electron chi connectivity index (χ4n) is 2.22. The molecule has 0 spiro atoms. The number of anilines is 2. The number of aryl methyl sites for hydroxylation is 1. The van der Waals surface area contributed by atoms with E-state index in [1.165, 1.54) is 12.1 Å². The minimum Gasteiger partial charge on any atom is -0.324 e. The Morgan fingerprint density at radius 1 is 1.17 bits per heavy atom. The lowest BCUT2D eigenvalue weighted by Crippen LogP contribution is -2.19. The summed E-state index contributed by atoms with van der Waals surface area (Å²) in [4.78, 5) is 14.8. The number of benzene rings is 2. The van der Waals surface area contributed by atoms with Crippen molar-refractivity contribution < 1.29 is 4.39 Å². The largest absolute Gasteiger partial charge is 0.324 e. The van der Waals surface area contributed by atoms with Crippen LogP contribution in [0.3, 0.4) is 0 Å². The van der Waals surface area contributed by atoms with Gasteiger partial charge in [0.15, 0.2) is 0 Å². The van der Waals surface area contributed by atoms with Crippen LogP contribution in [0.1, 0.15) is 16.8 Å². The van der Waals surface area contributed by atoms with Crippen LogP contribution < -0.4 is 10.9 Å². The number of rotatable bonds is 4. The van der Waals surface area contributed by atoms with Crippen LogP contribution in [0.25, 0.3) is 0 Å². The smallest absolute Gasteiger partial charge is 0.274 e. The highest BCUT2D eigenvalue weighted by atomic mass is 35.5. The van der Waals surface area contributed by atoms with Crippen molar-refractivity contribution in [2.45, 2.75) is 13.3 Å². The monoisotopic (exact) mass is 344 g/mol. The molecule has 122 valence electrons. The predicted molar refractivity (Wildman–Crippen MR) is 91.3 cm³/mol. The zero-order chi connectivity index (χ0) is 17.1. The molecule has 0 aliphatic heterocycles. The molecule has 24 heavy (non-hydrogen) atoms. The second-order valence-electron chi connectivity index (χ2n) is 5.34. The van der Waals surface area contributed by atoms with Gasteiger partial charge in [0.25, 0.3) is 5.56 Å². The minimum atomic E-state index is -0.344. The molecule has 7 heteroatoms. The van der Waals surface area contributed by atoms with Crippen LogP contribution in [0.15, 0.2) is 47.3 Å². The Balaban J connectivity index is 1.79. The number of aromatic nitrogens is 3. The molecule has 1 heterocycles. The van der Waals surface area contributed by atoms with Gasteiger partial charge in [-0.05, 0) is 48.4 Å². The van der Waals surface area contributed by atoms with E-state index in [-0.39, 0.29) is 29.4 Å². The highest BCUT2D eigenvalue weighted by Crippen LogP contribution is 2.21. The third kappa shape index (κ3) is 3.78. The minimum absolute atomic E-state index is 0.244. The van der Waals surface area contributed by atoms with E-state index in [2.05, 4.69) is 20.5 Å². The number of H-pyrrole nitrogens is 1. The highest BCUT2D eigenvalue weighted by Gasteiger charge is 2.08. The molecular weight excluding hydrogens is 331 g/mol. The van der Waals surface area contributed by atoms with E-state index in [0.29, 0.717) is 5.02 Å². The molecule has 0 unspecified atom stereocenters. The summed E-state index contributed by atoms with van der Waals surface area (Å²) in [5, 5.41) is 11.6. The molecule has 0 saturated carbocycles. The Morgan fingerprint density at radius 3 is 2.58 bits per heavy atom. The second kappa shape index (κ2) is 6.80. The molecule has 0 amide bonds. The Morgan fingerprint density at radius 2 is 1.92 bits per heavy atom. The highest BCUT2D eigenvalue weighted by molar-refractivity contribution is 6.30. The molecular formula is C17H14ClFN4O. The predicted octanol–water partition coefficient (Wildman–Crippen LogP) is 3.60. The summed E-state index contributed by atoms with van der Waals surface area (Å²) in [6.45, 7) is 1.89. The average Bonchev–Trinajstić information content (AvgIpc) is 2.55. The van der Waals surface area contributed by atoms with Gasteiger partial charge >= 0.3 is 0 Å². The summed E-state index contributed by atoms with van der Waals surface area (Å²) in [7, 11) is 0. The average molecular weight is 345 g/mol. The van der Waals surface area contributed by atoms with Gasteiger partial charge in [-0.25, -0.2) is 4.39 Å². The number of nitrogens with one attached hydrogen (secondary N) is 2. The van der Waals surface area contributed by atoms with Gasteiger partial charge in [-0.3, -0.25) is 9.78 Å². The number of hydrogen-bond acceptors (Lipinski definition) is 4. The molecule has 0 atom stereocenters. The number of halogens is 2. The van der Waals surface area contributed by atoms with Gasteiger partial charge in [-0.1, -0.05) is 23.7 Å². The fourth-order valence-corrected chi connectivity index (χ4v) is 2.45. The fraction of sp³-hybridized carbons (Fsp3) is 0.118. The van der Waals surface area contributed by atoms with Crippen molar-refractivity contribution in [1.29, 1.82) is 0 Å². The topological polar surface area (TPSA) is 70.7 Å². The summed E-state index contributed by atoms with van der Waals surface area (Å²) >= 11 is 5.92. The van der Waals surface area contributed by atoms with Crippen LogP contribution in [0.4, 0.5) is 16.0 Å². The van der Waals surface area contributed by atoms with Gasteiger partial charge < -0.3 is 5.32 Å². The lowest BCUT2D eigenvalue weighted by atomic mass is 10.1. The van der Waals surface area contributed by atoms with Crippen LogP contribution in [-0.2, 0) is 6.42 Å². The molecule has 0 fully saturated rings. The van der Waals surface area contributed by atoms with Crippen LogP contribution in [0.2, 0.25) is 5.02 Å². The van der Waals surface area contributed by atoms with Crippen molar-refractivity contribution in [3.8, 4) is 0 Å². The number of nitrogens with zero attached hydrogens (tertiary/aromatic N) is 2. The van der Waals surface area contributed by atoms with Crippen LogP contribution >= 0.6 is 11.6 Å². The quantitative estimate of drug-likeness (QED) is 0.758. The van der Waals surface area contributed by atoms with Crippen LogP contribution in [0, 0.1) is 12.7 Å². The normalized spacial score (nSPS) is 10.6. The van der Waals surface area contributed by atoms with E-state index in [0.717, 1.165) is 16.8 Å². The van der Waals surface area contributed by atoms with E-state index in [4.69, 9.17) is 11.6 Å². The second-order valence-corrected chi connectivity index (χ2v) is 5.77. The summed E-state index contributed by atoms with van der Waals surface area (Å²) in [5.74, 6) is -0.0788. The summed E-state index contributed by atoms with van der Waals surface area (Å²) in [6, 6.07) is 11.2. The van der Waals surface area contributed by atoms with E-state index >= 15 is 0 Å². The van der Waals surface area contributed by atoms with Gasteiger partial charge in [-0.2, -0.15) is 0 Å².